The van der Waals surface area contributed by atoms with Gasteiger partial charge in [-0.05, 0) is 31.5 Å². The van der Waals surface area contributed by atoms with Crippen molar-refractivity contribution < 1.29 is 0 Å². The average Bonchev–Trinajstić information content (AvgIpc) is 2.30. The Hall–Kier alpha value is -0.420. The molecule has 1 aliphatic heterocycles. The van der Waals surface area contributed by atoms with Crippen molar-refractivity contribution in [2.24, 2.45) is 0 Å². The van der Waals surface area contributed by atoms with E-state index < -0.39 is 0 Å². The monoisotopic (exact) mass is 262 g/mol. The maximum absolute atomic E-state index is 5.66. The molecule has 2 N–H and O–H groups in total. The van der Waals surface area contributed by atoms with Crippen molar-refractivity contribution in [3.63, 3.8) is 0 Å². The van der Waals surface area contributed by atoms with E-state index in [0.29, 0.717) is 11.2 Å². The molecule has 0 radical (unpaired) electrons. The summed E-state index contributed by atoms with van der Waals surface area (Å²) >= 11 is 5.66. The second kappa shape index (κ2) is 7.01. The summed E-state index contributed by atoms with van der Waals surface area (Å²) in [6.07, 6.45) is 2.47. The molecule has 4 nitrogen and oxygen atoms in total. The van der Waals surface area contributed by atoms with Gasteiger partial charge in [0.05, 0.1) is 5.69 Å². The molecule has 0 spiro atoms. The van der Waals surface area contributed by atoms with E-state index in [9.17, 15) is 0 Å². The van der Waals surface area contributed by atoms with Crippen LogP contribution in [0.4, 0.5) is 0 Å². The lowest BCUT2D eigenvalue weighted by atomic mass is 10.1. The topological polar surface area (TPSA) is 49.8 Å². The van der Waals surface area contributed by atoms with Crippen molar-refractivity contribution in [3.05, 3.63) is 23.0 Å². The quantitative estimate of drug-likeness (QED) is 0.865. The van der Waals surface area contributed by atoms with Gasteiger partial charge in [0.25, 0.3) is 0 Å². The first-order valence-corrected chi connectivity index (χ1v) is 5.64. The van der Waals surface area contributed by atoms with Crippen LogP contribution in [0.25, 0.3) is 0 Å². The summed E-state index contributed by atoms with van der Waals surface area (Å²) < 4.78 is 0. The molecule has 1 saturated heterocycles. The molecule has 0 saturated carbocycles. The molecule has 16 heavy (non-hydrogen) atoms. The number of rotatable bonds is 3. The maximum Gasteiger partial charge on any atom is 0.151 e. The first kappa shape index (κ1) is 13.6. The van der Waals surface area contributed by atoms with E-state index in [4.69, 9.17) is 11.6 Å². The number of hydrogen-bond acceptors (Lipinski definition) is 4. The summed E-state index contributed by atoms with van der Waals surface area (Å²) in [6.45, 7) is 2.94. The molecule has 1 aromatic heterocycles. The van der Waals surface area contributed by atoms with E-state index in [0.717, 1.165) is 25.3 Å². The van der Waals surface area contributed by atoms with Crippen LogP contribution in [-0.2, 0) is 6.54 Å². The lowest BCUT2D eigenvalue weighted by Crippen LogP contribution is -2.42. The number of piperidine rings is 1. The van der Waals surface area contributed by atoms with Gasteiger partial charge in [0.15, 0.2) is 5.15 Å². The maximum atomic E-state index is 5.66. The van der Waals surface area contributed by atoms with Gasteiger partial charge < -0.3 is 10.6 Å². The van der Waals surface area contributed by atoms with E-state index in [1.54, 1.807) is 6.07 Å². The minimum atomic E-state index is 0. The zero-order chi connectivity index (χ0) is 10.5. The molecule has 6 heteroatoms. The van der Waals surface area contributed by atoms with Gasteiger partial charge in [-0.1, -0.05) is 11.6 Å². The standard InChI is InChI=1S/C10H15ClN4.ClH/c11-10-4-3-9(14-15-10)7-13-8-2-1-5-12-6-8;/h3-4,8,12-13H,1-2,5-7H2;1H/t8-;/m1./s1. The molecular weight excluding hydrogens is 247 g/mol. The van der Waals surface area contributed by atoms with Crippen molar-refractivity contribution in [3.8, 4) is 0 Å². The predicted molar refractivity (Wildman–Crippen MR) is 67.0 cm³/mol. The Morgan fingerprint density at radius 2 is 2.31 bits per heavy atom. The van der Waals surface area contributed by atoms with Gasteiger partial charge >= 0.3 is 0 Å². The van der Waals surface area contributed by atoms with Crippen LogP contribution in [-0.4, -0.2) is 29.3 Å². The molecule has 2 rings (SSSR count). The van der Waals surface area contributed by atoms with E-state index in [1.165, 1.54) is 12.8 Å². The lowest BCUT2D eigenvalue weighted by molar-refractivity contribution is 0.387. The third-order valence-corrected chi connectivity index (χ3v) is 2.76. The molecule has 1 aliphatic rings. The first-order chi connectivity index (χ1) is 7.34. The number of nitrogens with zero attached hydrogens (tertiary/aromatic N) is 2. The van der Waals surface area contributed by atoms with Gasteiger partial charge in [-0.25, -0.2) is 0 Å². The fourth-order valence-corrected chi connectivity index (χ4v) is 1.81. The van der Waals surface area contributed by atoms with Gasteiger partial charge in [0, 0.05) is 19.1 Å². The Kier molecular flexibility index (Phi) is 5.98. The molecule has 1 fully saturated rings. The Balaban J connectivity index is 0.00000128. The lowest BCUT2D eigenvalue weighted by Gasteiger charge is -2.23. The Morgan fingerprint density at radius 1 is 1.44 bits per heavy atom. The van der Waals surface area contributed by atoms with Crippen molar-refractivity contribution in [2.75, 3.05) is 13.1 Å². The van der Waals surface area contributed by atoms with E-state index >= 15 is 0 Å². The molecule has 2 heterocycles. The predicted octanol–water partition coefficient (Wildman–Crippen LogP) is 1.39. The van der Waals surface area contributed by atoms with Crippen LogP contribution in [0.1, 0.15) is 18.5 Å². The van der Waals surface area contributed by atoms with Gasteiger partial charge in [-0.2, -0.15) is 5.10 Å². The fourth-order valence-electron chi connectivity index (χ4n) is 1.71. The van der Waals surface area contributed by atoms with E-state index in [2.05, 4.69) is 20.8 Å². The third kappa shape index (κ3) is 4.22. The summed E-state index contributed by atoms with van der Waals surface area (Å²) in [6, 6.07) is 4.22. The third-order valence-electron chi connectivity index (χ3n) is 2.56. The van der Waals surface area contributed by atoms with Crippen molar-refractivity contribution in [1.29, 1.82) is 0 Å². The summed E-state index contributed by atoms with van der Waals surface area (Å²) in [7, 11) is 0. The van der Waals surface area contributed by atoms with E-state index in [-0.39, 0.29) is 12.4 Å². The van der Waals surface area contributed by atoms with Gasteiger partial charge in [-0.3, -0.25) is 0 Å². The highest BCUT2D eigenvalue weighted by atomic mass is 35.5. The highest BCUT2D eigenvalue weighted by Crippen LogP contribution is 2.04. The number of halogens is 2. The Morgan fingerprint density at radius 3 is 2.94 bits per heavy atom. The van der Waals surface area contributed by atoms with Crippen LogP contribution in [0, 0.1) is 0 Å². The Labute approximate surface area is 107 Å². The van der Waals surface area contributed by atoms with Crippen LogP contribution in [0.3, 0.4) is 0 Å². The van der Waals surface area contributed by atoms with Gasteiger partial charge in [-0.15, -0.1) is 17.5 Å². The summed E-state index contributed by atoms with van der Waals surface area (Å²) in [4.78, 5) is 0. The average molecular weight is 263 g/mol. The minimum absolute atomic E-state index is 0. The Bertz CT molecular complexity index is 298. The first-order valence-electron chi connectivity index (χ1n) is 5.27. The van der Waals surface area contributed by atoms with Crippen LogP contribution in [0.2, 0.25) is 5.15 Å². The van der Waals surface area contributed by atoms with Crippen molar-refractivity contribution in [2.45, 2.75) is 25.4 Å². The largest absolute Gasteiger partial charge is 0.315 e. The number of aromatic nitrogens is 2. The normalized spacial score (nSPS) is 20.2. The molecule has 0 bridgehead atoms. The van der Waals surface area contributed by atoms with Crippen molar-refractivity contribution >= 4 is 24.0 Å². The van der Waals surface area contributed by atoms with Gasteiger partial charge in [0.1, 0.15) is 0 Å². The van der Waals surface area contributed by atoms with Crippen LogP contribution in [0.15, 0.2) is 12.1 Å². The minimum Gasteiger partial charge on any atom is -0.315 e. The molecule has 1 aromatic rings. The summed E-state index contributed by atoms with van der Waals surface area (Å²) in [5, 5.41) is 15.1. The highest BCUT2D eigenvalue weighted by Gasteiger charge is 2.11. The molecule has 0 aliphatic carbocycles. The van der Waals surface area contributed by atoms with Gasteiger partial charge in [0.2, 0.25) is 0 Å². The summed E-state index contributed by atoms with van der Waals surface area (Å²) in [5.74, 6) is 0. The molecular formula is C10H16Cl2N4. The zero-order valence-electron chi connectivity index (χ0n) is 8.95. The molecule has 0 aromatic carbocycles. The number of hydrogen-bond donors (Lipinski definition) is 2. The summed E-state index contributed by atoms with van der Waals surface area (Å²) in [5.41, 5.74) is 0.935. The van der Waals surface area contributed by atoms with Crippen LogP contribution >= 0.6 is 24.0 Å². The van der Waals surface area contributed by atoms with Crippen molar-refractivity contribution in [1.82, 2.24) is 20.8 Å². The highest BCUT2D eigenvalue weighted by molar-refractivity contribution is 6.29. The molecule has 1 atom stereocenters. The molecule has 0 unspecified atom stereocenters. The molecule has 90 valence electrons. The van der Waals surface area contributed by atoms with Crippen LogP contribution < -0.4 is 10.6 Å². The van der Waals surface area contributed by atoms with Crippen LogP contribution in [0.5, 0.6) is 0 Å². The second-order valence-electron chi connectivity index (χ2n) is 3.77. The molecule has 0 amide bonds. The van der Waals surface area contributed by atoms with E-state index in [1.807, 2.05) is 6.07 Å². The zero-order valence-corrected chi connectivity index (χ0v) is 10.5. The smallest absolute Gasteiger partial charge is 0.151 e. The second-order valence-corrected chi connectivity index (χ2v) is 4.16. The SMILES string of the molecule is Cl.Clc1ccc(CN[C@@H]2CCCNC2)nn1. The fraction of sp³-hybridized carbons (Fsp3) is 0.600. The number of nitrogens with one attached hydrogen (secondary N) is 2.